The van der Waals surface area contributed by atoms with Crippen LogP contribution < -0.4 is 26.3 Å². The molecule has 0 aliphatic carbocycles. The first-order valence-electron chi connectivity index (χ1n) is 6.32. The minimum atomic E-state index is -0.846. The topological polar surface area (TPSA) is 117 Å². The Morgan fingerprint density at radius 1 is 1.19 bits per heavy atom. The molecule has 0 heterocycles. The van der Waals surface area contributed by atoms with E-state index in [2.05, 4.69) is 5.32 Å². The Labute approximate surface area is 123 Å². The third-order valence-electron chi connectivity index (χ3n) is 3.16. The number of amides is 2. The van der Waals surface area contributed by atoms with Gasteiger partial charge in [-0.1, -0.05) is 0 Å². The van der Waals surface area contributed by atoms with E-state index in [1.807, 2.05) is 0 Å². The summed E-state index contributed by atoms with van der Waals surface area (Å²) in [5.41, 5.74) is 10.7. The number of primary amides is 1. The molecule has 0 unspecified atom stereocenters. The standard InChI is InChI=1S/C14H21N3O4/c1-14(2,13(16)19)7-17-12(18)8-5-10(20-3)11(21-4)6-9(8)15/h5-6H,7,15H2,1-4H3,(H2,16,19)(H,17,18). The summed E-state index contributed by atoms with van der Waals surface area (Å²) in [7, 11) is 2.94. The maximum Gasteiger partial charge on any atom is 0.253 e. The molecule has 0 saturated heterocycles. The Morgan fingerprint density at radius 3 is 2.19 bits per heavy atom. The van der Waals surface area contributed by atoms with Crippen LogP contribution in [0.25, 0.3) is 0 Å². The second-order valence-electron chi connectivity index (χ2n) is 5.23. The molecule has 116 valence electrons. The monoisotopic (exact) mass is 295 g/mol. The minimum Gasteiger partial charge on any atom is -0.493 e. The number of nitrogens with two attached hydrogens (primary N) is 2. The zero-order valence-electron chi connectivity index (χ0n) is 12.6. The van der Waals surface area contributed by atoms with Gasteiger partial charge in [0.15, 0.2) is 11.5 Å². The molecule has 0 aromatic heterocycles. The maximum atomic E-state index is 12.2. The predicted octanol–water partition coefficient (Wildman–Crippen LogP) is 0.527. The Balaban J connectivity index is 2.95. The summed E-state index contributed by atoms with van der Waals surface area (Å²) in [6.45, 7) is 3.40. The third kappa shape index (κ3) is 3.77. The second kappa shape index (κ2) is 6.34. The summed E-state index contributed by atoms with van der Waals surface area (Å²) in [6.07, 6.45) is 0. The number of nitrogens with one attached hydrogen (secondary N) is 1. The van der Waals surface area contributed by atoms with Crippen molar-refractivity contribution in [3.63, 3.8) is 0 Å². The fourth-order valence-corrected chi connectivity index (χ4v) is 1.57. The summed E-state index contributed by atoms with van der Waals surface area (Å²) in [5.74, 6) is -0.0825. The molecule has 1 rings (SSSR count). The fraction of sp³-hybridized carbons (Fsp3) is 0.429. The zero-order valence-corrected chi connectivity index (χ0v) is 12.6. The molecule has 2 amide bonds. The number of rotatable bonds is 6. The van der Waals surface area contributed by atoms with Crippen molar-refractivity contribution in [3.8, 4) is 11.5 Å². The van der Waals surface area contributed by atoms with Gasteiger partial charge >= 0.3 is 0 Å². The highest BCUT2D eigenvalue weighted by molar-refractivity contribution is 6.00. The SMILES string of the molecule is COc1cc(N)c(C(=O)NCC(C)(C)C(N)=O)cc1OC. The number of hydrogen-bond donors (Lipinski definition) is 3. The van der Waals surface area contributed by atoms with Crippen molar-refractivity contribution in [1.29, 1.82) is 0 Å². The summed E-state index contributed by atoms with van der Waals surface area (Å²) in [4.78, 5) is 23.4. The van der Waals surface area contributed by atoms with Crippen LogP contribution in [0.4, 0.5) is 5.69 Å². The molecule has 0 bridgehead atoms. The number of hydrogen-bond acceptors (Lipinski definition) is 5. The van der Waals surface area contributed by atoms with E-state index in [-0.39, 0.29) is 17.8 Å². The van der Waals surface area contributed by atoms with E-state index in [0.29, 0.717) is 11.5 Å². The zero-order chi connectivity index (χ0) is 16.2. The van der Waals surface area contributed by atoms with Gasteiger partial charge in [0.1, 0.15) is 0 Å². The maximum absolute atomic E-state index is 12.2. The van der Waals surface area contributed by atoms with Crippen molar-refractivity contribution in [3.05, 3.63) is 17.7 Å². The van der Waals surface area contributed by atoms with Crippen LogP contribution in [0.5, 0.6) is 11.5 Å². The van der Waals surface area contributed by atoms with Gasteiger partial charge in [-0.05, 0) is 19.9 Å². The first-order chi connectivity index (χ1) is 9.72. The van der Waals surface area contributed by atoms with Crippen LogP contribution in [0.3, 0.4) is 0 Å². The van der Waals surface area contributed by atoms with Gasteiger partial charge in [0.05, 0.1) is 25.2 Å². The van der Waals surface area contributed by atoms with Crippen molar-refractivity contribution < 1.29 is 19.1 Å². The fourth-order valence-electron chi connectivity index (χ4n) is 1.57. The quantitative estimate of drug-likeness (QED) is 0.662. The molecule has 7 heteroatoms. The van der Waals surface area contributed by atoms with Crippen LogP contribution in [0.2, 0.25) is 0 Å². The van der Waals surface area contributed by atoms with E-state index < -0.39 is 17.2 Å². The van der Waals surface area contributed by atoms with Crippen molar-refractivity contribution in [2.75, 3.05) is 26.5 Å². The number of benzene rings is 1. The minimum absolute atomic E-state index is 0.106. The van der Waals surface area contributed by atoms with Gasteiger partial charge in [-0.25, -0.2) is 0 Å². The van der Waals surface area contributed by atoms with Crippen molar-refractivity contribution >= 4 is 17.5 Å². The van der Waals surface area contributed by atoms with Crippen molar-refractivity contribution in [2.24, 2.45) is 11.1 Å². The lowest BCUT2D eigenvalue weighted by molar-refractivity contribution is -0.125. The molecule has 0 fully saturated rings. The lowest BCUT2D eigenvalue weighted by Gasteiger charge is -2.21. The van der Waals surface area contributed by atoms with E-state index in [1.165, 1.54) is 26.4 Å². The average molecular weight is 295 g/mol. The largest absolute Gasteiger partial charge is 0.493 e. The first-order valence-corrected chi connectivity index (χ1v) is 6.32. The Morgan fingerprint density at radius 2 is 1.71 bits per heavy atom. The van der Waals surface area contributed by atoms with Crippen LogP contribution in [-0.4, -0.2) is 32.6 Å². The molecule has 0 saturated carbocycles. The van der Waals surface area contributed by atoms with Crippen LogP contribution >= 0.6 is 0 Å². The number of carbonyl (C=O) groups excluding carboxylic acids is 2. The molecular weight excluding hydrogens is 274 g/mol. The molecule has 0 aliphatic rings. The first kappa shape index (κ1) is 16.6. The van der Waals surface area contributed by atoms with Gasteiger partial charge in [0, 0.05) is 18.3 Å². The number of anilines is 1. The highest BCUT2D eigenvalue weighted by atomic mass is 16.5. The van der Waals surface area contributed by atoms with E-state index >= 15 is 0 Å². The molecule has 0 atom stereocenters. The molecule has 7 nitrogen and oxygen atoms in total. The molecule has 0 spiro atoms. The Bertz CT molecular complexity index is 555. The summed E-state index contributed by atoms with van der Waals surface area (Å²) < 4.78 is 10.2. The second-order valence-corrected chi connectivity index (χ2v) is 5.23. The van der Waals surface area contributed by atoms with E-state index in [4.69, 9.17) is 20.9 Å². The van der Waals surface area contributed by atoms with Gasteiger partial charge < -0.3 is 26.3 Å². The molecular formula is C14H21N3O4. The predicted molar refractivity (Wildman–Crippen MR) is 79.3 cm³/mol. The van der Waals surface area contributed by atoms with Gasteiger partial charge in [-0.3, -0.25) is 9.59 Å². The number of methoxy groups -OCH3 is 2. The molecule has 1 aromatic carbocycles. The highest BCUT2D eigenvalue weighted by Crippen LogP contribution is 2.31. The summed E-state index contributed by atoms with van der Waals surface area (Å²) in [6, 6.07) is 2.99. The van der Waals surface area contributed by atoms with E-state index in [1.54, 1.807) is 13.8 Å². The number of ether oxygens (including phenoxy) is 2. The molecule has 21 heavy (non-hydrogen) atoms. The average Bonchev–Trinajstić information content (AvgIpc) is 2.44. The van der Waals surface area contributed by atoms with Crippen LogP contribution in [0.1, 0.15) is 24.2 Å². The molecule has 5 N–H and O–H groups in total. The molecule has 0 aliphatic heterocycles. The van der Waals surface area contributed by atoms with Crippen molar-refractivity contribution in [2.45, 2.75) is 13.8 Å². The third-order valence-corrected chi connectivity index (χ3v) is 3.16. The van der Waals surface area contributed by atoms with Gasteiger partial charge in [-0.2, -0.15) is 0 Å². The van der Waals surface area contributed by atoms with Crippen LogP contribution in [0.15, 0.2) is 12.1 Å². The normalized spacial score (nSPS) is 10.9. The van der Waals surface area contributed by atoms with E-state index in [0.717, 1.165) is 0 Å². The highest BCUT2D eigenvalue weighted by Gasteiger charge is 2.26. The van der Waals surface area contributed by atoms with E-state index in [9.17, 15) is 9.59 Å². The Hall–Kier alpha value is -2.44. The van der Waals surface area contributed by atoms with Crippen LogP contribution in [0, 0.1) is 5.41 Å². The van der Waals surface area contributed by atoms with Crippen LogP contribution in [-0.2, 0) is 4.79 Å². The van der Waals surface area contributed by atoms with Crippen molar-refractivity contribution in [1.82, 2.24) is 5.32 Å². The summed E-state index contributed by atoms with van der Waals surface area (Å²) in [5, 5.41) is 2.63. The van der Waals surface area contributed by atoms with Gasteiger partial charge in [0.25, 0.3) is 5.91 Å². The number of carbonyl (C=O) groups is 2. The lowest BCUT2D eigenvalue weighted by Crippen LogP contribution is -2.42. The molecule has 0 radical (unpaired) electrons. The summed E-state index contributed by atoms with van der Waals surface area (Å²) >= 11 is 0. The smallest absolute Gasteiger partial charge is 0.253 e. The van der Waals surface area contributed by atoms with Gasteiger partial charge in [-0.15, -0.1) is 0 Å². The van der Waals surface area contributed by atoms with Gasteiger partial charge in [0.2, 0.25) is 5.91 Å². The Kier molecular flexibility index (Phi) is 5.02. The molecule has 1 aromatic rings. The number of nitrogen functional groups attached to an aromatic ring is 1. The lowest BCUT2D eigenvalue weighted by atomic mass is 9.92.